The third-order valence-electron chi connectivity index (χ3n) is 6.93. The molecule has 35 heavy (non-hydrogen) atoms. The van der Waals surface area contributed by atoms with Gasteiger partial charge in [-0.05, 0) is 69.6 Å². The van der Waals surface area contributed by atoms with Gasteiger partial charge in [0.05, 0.1) is 5.56 Å². The number of aromatic nitrogens is 1. The van der Waals surface area contributed by atoms with E-state index in [9.17, 15) is 31.9 Å². The second-order valence-corrected chi connectivity index (χ2v) is 9.55. The number of phenolic OH excluding ortho intramolecular Hbond substituents is 1. The molecule has 0 spiro atoms. The molecule has 0 radical (unpaired) electrons. The van der Waals surface area contributed by atoms with Crippen LogP contribution in [0.3, 0.4) is 0 Å². The minimum absolute atomic E-state index is 0.0148. The van der Waals surface area contributed by atoms with Crippen LogP contribution in [0.1, 0.15) is 48.8 Å². The van der Waals surface area contributed by atoms with Crippen molar-refractivity contribution in [2.24, 2.45) is 5.41 Å². The normalized spacial score (nSPS) is 17.2. The topological polar surface area (TPSA) is 65.5 Å². The molecule has 1 aromatic heterocycles. The van der Waals surface area contributed by atoms with E-state index in [1.54, 1.807) is 31.1 Å². The maximum atomic E-state index is 14.5. The summed E-state index contributed by atoms with van der Waals surface area (Å²) >= 11 is 0. The number of amides is 1. The molecule has 5 nitrogen and oxygen atoms in total. The zero-order chi connectivity index (χ0) is 26.0. The molecule has 192 valence electrons. The van der Waals surface area contributed by atoms with E-state index in [0.717, 1.165) is 6.92 Å². The number of nitrogens with zero attached hydrogens (tertiary/aromatic N) is 2. The summed E-state index contributed by atoms with van der Waals surface area (Å²) < 4.78 is 69.4. The Bertz CT molecular complexity index is 1020. The minimum Gasteiger partial charge on any atom is -0.508 e. The third-order valence-corrected chi connectivity index (χ3v) is 6.93. The highest BCUT2D eigenvalue weighted by Crippen LogP contribution is 2.65. The number of pyridine rings is 1. The summed E-state index contributed by atoms with van der Waals surface area (Å²) in [5.74, 6) is -4.66. The van der Waals surface area contributed by atoms with Gasteiger partial charge >= 0.3 is 6.18 Å². The van der Waals surface area contributed by atoms with Crippen LogP contribution < -0.4 is 5.32 Å². The lowest BCUT2D eigenvalue weighted by molar-refractivity contribution is -0.138. The van der Waals surface area contributed by atoms with Gasteiger partial charge in [0, 0.05) is 42.7 Å². The number of likely N-dealkylation sites (N-methyl/N-ethyl adjacent to an activating group) is 1. The summed E-state index contributed by atoms with van der Waals surface area (Å²) in [6.45, 7) is 0.901. The standard InChI is InChI=1S/C25H30F5N3O2/c1-23(26,27)24(8-9-24)20(17-5-4-10-31-14-17)13-22(35)32-15-18(33(2)3)11-16-6-7-19(34)12-21(16)25(28,29)30/h4-7,10,12,14,18,20,34H,8-9,11,13,15H2,1-3H3,(H,32,35)/t18-,20-/m0/s1. The van der Waals surface area contributed by atoms with Gasteiger partial charge in [-0.3, -0.25) is 9.78 Å². The van der Waals surface area contributed by atoms with E-state index in [2.05, 4.69) is 10.3 Å². The first-order valence-corrected chi connectivity index (χ1v) is 11.3. The summed E-state index contributed by atoms with van der Waals surface area (Å²) in [5.41, 5.74) is -1.71. The Kier molecular flexibility index (Phi) is 7.74. The van der Waals surface area contributed by atoms with Crippen molar-refractivity contribution in [2.45, 2.75) is 56.7 Å². The van der Waals surface area contributed by atoms with Crippen molar-refractivity contribution in [3.63, 3.8) is 0 Å². The first kappa shape index (κ1) is 26.8. The molecule has 2 aromatic rings. The molecule has 0 unspecified atom stereocenters. The number of phenols is 1. The predicted molar refractivity (Wildman–Crippen MR) is 121 cm³/mol. The van der Waals surface area contributed by atoms with Crippen molar-refractivity contribution in [3.05, 3.63) is 59.4 Å². The highest BCUT2D eigenvalue weighted by molar-refractivity contribution is 5.77. The van der Waals surface area contributed by atoms with Crippen molar-refractivity contribution < 1.29 is 31.9 Å². The van der Waals surface area contributed by atoms with E-state index < -0.39 is 46.7 Å². The van der Waals surface area contributed by atoms with E-state index in [-0.39, 0.29) is 24.9 Å². The lowest BCUT2D eigenvalue weighted by Crippen LogP contribution is -2.43. The molecule has 10 heteroatoms. The smallest absolute Gasteiger partial charge is 0.416 e. The van der Waals surface area contributed by atoms with E-state index >= 15 is 0 Å². The number of hydrogen-bond donors (Lipinski definition) is 2. The fourth-order valence-electron chi connectivity index (χ4n) is 4.63. The Morgan fingerprint density at radius 3 is 2.40 bits per heavy atom. The van der Waals surface area contributed by atoms with Crippen LogP contribution in [0, 0.1) is 5.41 Å². The molecule has 1 aliphatic rings. The summed E-state index contributed by atoms with van der Waals surface area (Å²) in [5, 5.41) is 12.2. The molecule has 1 heterocycles. The fourth-order valence-corrected chi connectivity index (χ4v) is 4.63. The van der Waals surface area contributed by atoms with E-state index in [0.29, 0.717) is 24.5 Å². The lowest BCUT2D eigenvalue weighted by Gasteiger charge is -2.32. The Morgan fingerprint density at radius 2 is 1.89 bits per heavy atom. The SMILES string of the molecule is CN(C)[C@H](CNC(=O)C[C@@H](c1cccnc1)C1(C(C)(F)F)CC1)Cc1ccc(O)cc1C(F)(F)F. The van der Waals surface area contributed by atoms with Crippen LogP contribution in [0.25, 0.3) is 0 Å². The van der Waals surface area contributed by atoms with E-state index in [4.69, 9.17) is 0 Å². The molecule has 2 atom stereocenters. The maximum Gasteiger partial charge on any atom is 0.416 e. The number of hydrogen-bond acceptors (Lipinski definition) is 4. The van der Waals surface area contributed by atoms with Crippen LogP contribution in [0.4, 0.5) is 22.0 Å². The van der Waals surface area contributed by atoms with Crippen molar-refractivity contribution >= 4 is 5.91 Å². The molecule has 1 saturated carbocycles. The van der Waals surface area contributed by atoms with Crippen LogP contribution in [-0.4, -0.2) is 53.5 Å². The zero-order valence-corrected chi connectivity index (χ0v) is 19.9. The molecule has 2 N–H and O–H groups in total. The summed E-state index contributed by atoms with van der Waals surface area (Å²) in [6.07, 6.45) is -1.24. The van der Waals surface area contributed by atoms with E-state index in [1.165, 1.54) is 24.5 Å². The van der Waals surface area contributed by atoms with Gasteiger partial charge in [-0.25, -0.2) is 8.78 Å². The van der Waals surface area contributed by atoms with Gasteiger partial charge in [0.2, 0.25) is 5.91 Å². The molecule has 0 saturated heterocycles. The third kappa shape index (κ3) is 6.28. The summed E-state index contributed by atoms with van der Waals surface area (Å²) in [7, 11) is 3.36. The molecule has 1 amide bonds. The molecule has 0 bridgehead atoms. The molecular formula is C25H30F5N3O2. The van der Waals surface area contributed by atoms with Crippen LogP contribution in [0.5, 0.6) is 5.75 Å². The van der Waals surface area contributed by atoms with Crippen LogP contribution in [0.2, 0.25) is 0 Å². The highest BCUT2D eigenvalue weighted by atomic mass is 19.4. The monoisotopic (exact) mass is 499 g/mol. The lowest BCUT2D eigenvalue weighted by atomic mass is 9.77. The molecular weight excluding hydrogens is 469 g/mol. The summed E-state index contributed by atoms with van der Waals surface area (Å²) in [4.78, 5) is 18.6. The van der Waals surface area contributed by atoms with Gasteiger partial charge in [-0.15, -0.1) is 0 Å². The number of carbonyl (C=O) groups is 1. The molecule has 1 aromatic carbocycles. The maximum absolute atomic E-state index is 14.5. The van der Waals surface area contributed by atoms with Gasteiger partial charge in [-0.1, -0.05) is 12.1 Å². The van der Waals surface area contributed by atoms with Crippen molar-refractivity contribution in [3.8, 4) is 5.75 Å². The number of aromatic hydroxyl groups is 1. The van der Waals surface area contributed by atoms with Gasteiger partial charge in [0.25, 0.3) is 5.92 Å². The molecule has 0 aliphatic heterocycles. The largest absolute Gasteiger partial charge is 0.508 e. The van der Waals surface area contributed by atoms with Crippen molar-refractivity contribution in [1.82, 2.24) is 15.2 Å². The second kappa shape index (κ2) is 10.1. The Hall–Kier alpha value is -2.75. The molecule has 3 rings (SSSR count). The van der Waals surface area contributed by atoms with Gasteiger partial charge in [0.1, 0.15) is 5.75 Å². The number of carbonyl (C=O) groups excluding carboxylic acids is 1. The number of nitrogens with one attached hydrogen (secondary N) is 1. The van der Waals surface area contributed by atoms with E-state index in [1.807, 2.05) is 0 Å². The number of rotatable bonds is 10. The van der Waals surface area contributed by atoms with Crippen LogP contribution in [0.15, 0.2) is 42.7 Å². The van der Waals surface area contributed by atoms with Gasteiger partial charge in [-0.2, -0.15) is 13.2 Å². The highest BCUT2D eigenvalue weighted by Gasteiger charge is 2.63. The van der Waals surface area contributed by atoms with Crippen LogP contribution >= 0.6 is 0 Å². The predicted octanol–water partition coefficient (Wildman–Crippen LogP) is 5.00. The van der Waals surface area contributed by atoms with Crippen molar-refractivity contribution in [2.75, 3.05) is 20.6 Å². The van der Waals surface area contributed by atoms with Gasteiger partial charge in [0.15, 0.2) is 0 Å². The molecule has 1 fully saturated rings. The zero-order valence-electron chi connectivity index (χ0n) is 19.9. The number of halogens is 5. The number of benzene rings is 1. The minimum atomic E-state index is -4.64. The van der Waals surface area contributed by atoms with Crippen LogP contribution in [-0.2, 0) is 17.4 Å². The number of alkyl halides is 5. The summed E-state index contributed by atoms with van der Waals surface area (Å²) in [6, 6.07) is 5.91. The average molecular weight is 500 g/mol. The first-order chi connectivity index (χ1) is 16.2. The van der Waals surface area contributed by atoms with Crippen molar-refractivity contribution in [1.29, 1.82) is 0 Å². The fraction of sp³-hybridized carbons (Fsp3) is 0.520. The molecule has 1 aliphatic carbocycles. The van der Waals surface area contributed by atoms with Gasteiger partial charge < -0.3 is 15.3 Å². The quantitative estimate of drug-likeness (QED) is 0.452. The second-order valence-electron chi connectivity index (χ2n) is 9.55. The first-order valence-electron chi connectivity index (χ1n) is 11.3. The average Bonchev–Trinajstić information content (AvgIpc) is 3.57. The Labute approximate surface area is 201 Å². The Balaban J connectivity index is 1.73. The Morgan fingerprint density at radius 1 is 1.20 bits per heavy atom.